The molecule has 0 saturated carbocycles. The number of rotatable bonds is 11. The summed E-state index contributed by atoms with van der Waals surface area (Å²) in [5, 5.41) is 14.2. The second-order valence-corrected chi connectivity index (χ2v) is 10.3. The highest BCUT2D eigenvalue weighted by Gasteiger charge is 2.32. The number of hydrogen-bond donors (Lipinski definition) is 1. The number of hydrogen-bond acceptors (Lipinski definition) is 6. The van der Waals surface area contributed by atoms with Gasteiger partial charge in [0.05, 0.1) is 12.0 Å². The monoisotopic (exact) mass is 533 g/mol. The molecule has 0 spiro atoms. The molecule has 1 unspecified atom stereocenters. The van der Waals surface area contributed by atoms with Crippen LogP contribution in [0, 0.1) is 17.0 Å². The van der Waals surface area contributed by atoms with E-state index in [1.165, 1.54) is 25.3 Å². The van der Waals surface area contributed by atoms with E-state index in [2.05, 4.69) is 5.32 Å². The Balaban J connectivity index is 1.94. The summed E-state index contributed by atoms with van der Waals surface area (Å²) in [5.41, 5.74) is 2.10. The van der Waals surface area contributed by atoms with E-state index in [4.69, 9.17) is 9.47 Å². The van der Waals surface area contributed by atoms with Crippen LogP contribution >= 0.6 is 0 Å². The van der Waals surface area contributed by atoms with Crippen LogP contribution in [0.25, 0.3) is 0 Å². The van der Waals surface area contributed by atoms with Crippen molar-refractivity contribution in [2.45, 2.75) is 52.2 Å². The zero-order chi connectivity index (χ0) is 28.6. The summed E-state index contributed by atoms with van der Waals surface area (Å²) in [6.07, 6.45) is 0.311. The average molecular weight is 534 g/mol. The molecule has 1 N–H and O–H groups in total. The molecule has 3 rings (SSSR count). The van der Waals surface area contributed by atoms with Crippen LogP contribution in [-0.4, -0.2) is 46.9 Å². The summed E-state index contributed by atoms with van der Waals surface area (Å²) < 4.78 is 10.9. The van der Waals surface area contributed by atoms with Crippen LogP contribution in [0.2, 0.25) is 0 Å². The number of nitro groups is 1. The molecule has 1 atom stereocenters. The molecule has 3 aromatic rings. The first-order valence-corrected chi connectivity index (χ1v) is 12.6. The van der Waals surface area contributed by atoms with Crippen LogP contribution in [0.1, 0.15) is 37.5 Å². The fraction of sp³-hybridized carbons (Fsp3) is 0.333. The molecule has 2 amide bonds. The highest BCUT2D eigenvalue weighted by molar-refractivity contribution is 5.89. The van der Waals surface area contributed by atoms with Gasteiger partial charge in [0.25, 0.3) is 5.91 Å². The molecule has 206 valence electrons. The lowest BCUT2D eigenvalue weighted by molar-refractivity contribution is -0.385. The normalized spacial score (nSPS) is 11.8. The summed E-state index contributed by atoms with van der Waals surface area (Å²) in [7, 11) is 1.32. The van der Waals surface area contributed by atoms with Crippen LogP contribution in [0.15, 0.2) is 72.8 Å². The van der Waals surface area contributed by atoms with Gasteiger partial charge in [-0.2, -0.15) is 0 Å². The van der Waals surface area contributed by atoms with Gasteiger partial charge < -0.3 is 19.7 Å². The molecule has 9 nitrogen and oxygen atoms in total. The number of carbonyl (C=O) groups excluding carboxylic acids is 2. The molecule has 39 heavy (non-hydrogen) atoms. The van der Waals surface area contributed by atoms with Crippen LogP contribution in [0.4, 0.5) is 5.69 Å². The molecule has 0 heterocycles. The molecule has 0 fully saturated rings. The largest absolute Gasteiger partial charge is 0.490 e. The Hall–Kier alpha value is -4.40. The molecule has 9 heteroatoms. The predicted octanol–water partition coefficient (Wildman–Crippen LogP) is 4.85. The maximum absolute atomic E-state index is 13.7. The number of nitro benzene ring substituents is 1. The second kappa shape index (κ2) is 12.9. The van der Waals surface area contributed by atoms with Gasteiger partial charge in [0.1, 0.15) is 11.8 Å². The SMILES string of the molecule is COc1cc(OCC(=O)N(Cc2ccccc2C)C(Cc2ccccc2)C(=O)NC(C)(C)C)ccc1[N+](=O)[O-]. The molecule has 0 aliphatic carbocycles. The molecule has 0 aliphatic heterocycles. The first kappa shape index (κ1) is 29.2. The Labute approximate surface area is 228 Å². The third-order valence-electron chi connectivity index (χ3n) is 6.08. The van der Waals surface area contributed by atoms with Crippen LogP contribution < -0.4 is 14.8 Å². The standard InChI is InChI=1S/C30H35N3O6/c1-21-11-9-10-14-23(21)19-32(26(29(35)31-30(2,3)4)17-22-12-7-6-8-13-22)28(34)20-39-24-15-16-25(33(36)37)27(18-24)38-5/h6-16,18,26H,17,19-20H2,1-5H3,(H,31,35). The van der Waals surface area contributed by atoms with Gasteiger partial charge in [-0.05, 0) is 50.5 Å². The van der Waals surface area contributed by atoms with Crippen molar-refractivity contribution in [1.82, 2.24) is 10.2 Å². The lowest BCUT2D eigenvalue weighted by Gasteiger charge is -2.34. The maximum atomic E-state index is 13.7. The topological polar surface area (TPSA) is 111 Å². The van der Waals surface area contributed by atoms with Gasteiger partial charge >= 0.3 is 5.69 Å². The fourth-order valence-corrected chi connectivity index (χ4v) is 4.10. The Morgan fingerprint density at radius 2 is 1.69 bits per heavy atom. The van der Waals surface area contributed by atoms with E-state index in [9.17, 15) is 19.7 Å². The van der Waals surface area contributed by atoms with E-state index in [0.29, 0.717) is 6.42 Å². The quantitative estimate of drug-likeness (QED) is 0.279. The van der Waals surface area contributed by atoms with Crippen molar-refractivity contribution in [3.05, 3.63) is 99.6 Å². The van der Waals surface area contributed by atoms with Crippen molar-refractivity contribution in [2.75, 3.05) is 13.7 Å². The fourth-order valence-electron chi connectivity index (χ4n) is 4.10. The van der Waals surface area contributed by atoms with E-state index < -0.39 is 22.4 Å². The third kappa shape index (κ3) is 8.29. The Kier molecular flexibility index (Phi) is 9.65. The lowest BCUT2D eigenvalue weighted by atomic mass is 10.00. The van der Waals surface area contributed by atoms with E-state index in [1.807, 2.05) is 82.3 Å². The number of ether oxygens (including phenoxy) is 2. The lowest BCUT2D eigenvalue weighted by Crippen LogP contribution is -2.55. The van der Waals surface area contributed by atoms with Gasteiger partial charge in [0, 0.05) is 30.6 Å². The van der Waals surface area contributed by atoms with Crippen LogP contribution in [0.3, 0.4) is 0 Å². The maximum Gasteiger partial charge on any atom is 0.311 e. The first-order valence-electron chi connectivity index (χ1n) is 12.6. The molecule has 0 bridgehead atoms. The van der Waals surface area contributed by atoms with Crippen LogP contribution in [0.5, 0.6) is 11.5 Å². The van der Waals surface area contributed by atoms with Crippen molar-refractivity contribution >= 4 is 17.5 Å². The van der Waals surface area contributed by atoms with Crippen molar-refractivity contribution < 1.29 is 24.0 Å². The van der Waals surface area contributed by atoms with Crippen molar-refractivity contribution in [1.29, 1.82) is 0 Å². The highest BCUT2D eigenvalue weighted by atomic mass is 16.6. The molecule has 0 saturated heterocycles. The van der Waals surface area contributed by atoms with Gasteiger partial charge in [-0.15, -0.1) is 0 Å². The number of methoxy groups -OCH3 is 1. The molecule has 0 aliphatic rings. The third-order valence-corrected chi connectivity index (χ3v) is 6.08. The molecular formula is C30H35N3O6. The van der Waals surface area contributed by atoms with Crippen LogP contribution in [-0.2, 0) is 22.6 Å². The molecule has 0 aromatic heterocycles. The minimum atomic E-state index is -0.811. The highest BCUT2D eigenvalue weighted by Crippen LogP contribution is 2.31. The minimum absolute atomic E-state index is 0.0215. The smallest absolute Gasteiger partial charge is 0.311 e. The van der Waals surface area contributed by atoms with Crippen molar-refractivity contribution in [2.24, 2.45) is 0 Å². The minimum Gasteiger partial charge on any atom is -0.490 e. The summed E-state index contributed by atoms with van der Waals surface area (Å²) in [6, 6.07) is 20.5. The van der Waals surface area contributed by atoms with E-state index in [1.54, 1.807) is 4.90 Å². The van der Waals surface area contributed by atoms with Gasteiger partial charge in [0.15, 0.2) is 6.61 Å². The first-order chi connectivity index (χ1) is 18.5. The van der Waals surface area contributed by atoms with E-state index in [-0.39, 0.29) is 36.2 Å². The summed E-state index contributed by atoms with van der Waals surface area (Å²) in [5.74, 6) is -0.417. The molecule has 0 radical (unpaired) electrons. The van der Waals surface area contributed by atoms with E-state index in [0.717, 1.165) is 16.7 Å². The summed E-state index contributed by atoms with van der Waals surface area (Å²) in [4.78, 5) is 39.6. The number of carbonyl (C=O) groups is 2. The zero-order valence-corrected chi connectivity index (χ0v) is 23.0. The average Bonchev–Trinajstić information content (AvgIpc) is 2.89. The summed E-state index contributed by atoms with van der Waals surface area (Å²) >= 11 is 0. The molecular weight excluding hydrogens is 498 g/mol. The van der Waals surface area contributed by atoms with Gasteiger partial charge in [-0.1, -0.05) is 54.6 Å². The Morgan fingerprint density at radius 1 is 1.03 bits per heavy atom. The second-order valence-electron chi connectivity index (χ2n) is 10.3. The van der Waals surface area contributed by atoms with Crippen molar-refractivity contribution in [3.8, 4) is 11.5 Å². The number of nitrogens with zero attached hydrogens (tertiary/aromatic N) is 2. The Bertz CT molecular complexity index is 1300. The zero-order valence-electron chi connectivity index (χ0n) is 23.0. The van der Waals surface area contributed by atoms with Gasteiger partial charge in [-0.3, -0.25) is 19.7 Å². The van der Waals surface area contributed by atoms with Gasteiger partial charge in [0.2, 0.25) is 11.7 Å². The predicted molar refractivity (Wildman–Crippen MR) is 149 cm³/mol. The van der Waals surface area contributed by atoms with E-state index >= 15 is 0 Å². The van der Waals surface area contributed by atoms with Crippen molar-refractivity contribution in [3.63, 3.8) is 0 Å². The summed E-state index contributed by atoms with van der Waals surface area (Å²) in [6.45, 7) is 7.46. The number of nitrogens with one attached hydrogen (secondary N) is 1. The number of benzene rings is 3. The number of amides is 2. The number of aryl methyl sites for hydroxylation is 1. The van der Waals surface area contributed by atoms with Gasteiger partial charge in [-0.25, -0.2) is 0 Å². The molecule has 3 aromatic carbocycles. The Morgan fingerprint density at radius 3 is 2.31 bits per heavy atom.